The number of fused-ring (bicyclic) bond motifs is 1. The molecule has 2 fully saturated rings. The average molecular weight is 350 g/mol. The Bertz CT molecular complexity index is 612. The summed E-state index contributed by atoms with van der Waals surface area (Å²) in [7, 11) is -3.45. The number of aryl methyl sites for hydroxylation is 1. The third kappa shape index (κ3) is 2.88. The highest BCUT2D eigenvalue weighted by atomic mass is 35.5. The van der Waals surface area contributed by atoms with Crippen molar-refractivity contribution in [2.24, 2.45) is 0 Å². The second-order valence-electron chi connectivity index (χ2n) is 5.64. The Morgan fingerprint density at radius 3 is 2.90 bits per heavy atom. The lowest BCUT2D eigenvalue weighted by molar-refractivity contribution is -0.0586. The van der Waals surface area contributed by atoms with E-state index in [1.807, 2.05) is 6.92 Å². The van der Waals surface area contributed by atoms with Crippen LogP contribution in [0.2, 0.25) is 0 Å². The fraction of sp³-hybridized carbons (Fsp3) is 0.714. The van der Waals surface area contributed by atoms with Crippen LogP contribution < -0.4 is 0 Å². The van der Waals surface area contributed by atoms with E-state index in [0.29, 0.717) is 23.9 Å². The zero-order valence-corrected chi connectivity index (χ0v) is 14.4. The Hall–Kier alpha value is -0.140. The van der Waals surface area contributed by atoms with Gasteiger partial charge in [0.15, 0.2) is 0 Å². The maximum Gasteiger partial charge on any atom is 0.244 e. The molecule has 2 unspecified atom stereocenters. The lowest BCUT2D eigenvalue weighted by Gasteiger charge is -2.42. The zero-order valence-electron chi connectivity index (χ0n) is 12.0. The predicted octanol–water partition coefficient (Wildman–Crippen LogP) is 3.13. The predicted molar refractivity (Wildman–Crippen MR) is 84.5 cm³/mol. The highest BCUT2D eigenvalue weighted by molar-refractivity contribution is 7.89. The number of hydrogen-bond acceptors (Lipinski definition) is 4. The Morgan fingerprint density at radius 1 is 1.43 bits per heavy atom. The fourth-order valence-corrected chi connectivity index (χ4v) is 6.69. The molecule has 0 aromatic carbocycles. The third-order valence-electron chi connectivity index (χ3n) is 4.32. The van der Waals surface area contributed by atoms with E-state index in [1.54, 1.807) is 10.4 Å². The van der Waals surface area contributed by atoms with Gasteiger partial charge >= 0.3 is 0 Å². The number of sulfonamides is 1. The van der Waals surface area contributed by atoms with Crippen LogP contribution in [0.4, 0.5) is 0 Å². The van der Waals surface area contributed by atoms with Gasteiger partial charge in [0.05, 0.1) is 29.5 Å². The molecule has 1 aromatic heterocycles. The molecule has 0 bridgehead atoms. The molecule has 4 nitrogen and oxygen atoms in total. The molecule has 0 N–H and O–H groups in total. The highest BCUT2D eigenvalue weighted by Gasteiger charge is 2.41. The van der Waals surface area contributed by atoms with Crippen LogP contribution in [0.15, 0.2) is 11.0 Å². The van der Waals surface area contributed by atoms with Crippen LogP contribution in [0, 0.1) is 6.92 Å². The number of morpholine rings is 1. The average Bonchev–Trinajstić information content (AvgIpc) is 2.88. The summed E-state index contributed by atoms with van der Waals surface area (Å²) in [6.45, 7) is 2.80. The van der Waals surface area contributed by atoms with Gasteiger partial charge in [-0.3, -0.25) is 0 Å². The van der Waals surface area contributed by atoms with Crippen LogP contribution >= 0.6 is 22.9 Å². The Morgan fingerprint density at radius 2 is 2.19 bits per heavy atom. The minimum Gasteiger partial charge on any atom is -0.375 e. The van der Waals surface area contributed by atoms with E-state index >= 15 is 0 Å². The lowest BCUT2D eigenvalue weighted by atomic mass is 9.91. The van der Waals surface area contributed by atoms with Gasteiger partial charge in [0.2, 0.25) is 10.0 Å². The van der Waals surface area contributed by atoms with E-state index in [-0.39, 0.29) is 12.1 Å². The Labute approximate surface area is 135 Å². The minimum absolute atomic E-state index is 0.00347. The second kappa shape index (κ2) is 6.16. The van der Waals surface area contributed by atoms with Crippen LogP contribution in [-0.4, -0.2) is 38.0 Å². The maximum absolute atomic E-state index is 13.0. The summed E-state index contributed by atoms with van der Waals surface area (Å²) in [4.78, 5) is 2.15. The molecule has 7 heteroatoms. The molecule has 2 atom stereocenters. The van der Waals surface area contributed by atoms with Crippen LogP contribution in [-0.2, 0) is 20.6 Å². The number of hydrogen-bond donors (Lipinski definition) is 0. The third-order valence-corrected chi connectivity index (χ3v) is 8.00. The van der Waals surface area contributed by atoms with Crippen molar-refractivity contribution in [2.45, 2.75) is 55.5 Å². The van der Waals surface area contributed by atoms with Crippen LogP contribution in [0.25, 0.3) is 0 Å². The van der Waals surface area contributed by atoms with Gasteiger partial charge in [0, 0.05) is 16.3 Å². The van der Waals surface area contributed by atoms with Crippen molar-refractivity contribution in [3.05, 3.63) is 15.8 Å². The van der Waals surface area contributed by atoms with Gasteiger partial charge in [0.1, 0.15) is 0 Å². The molecular weight excluding hydrogens is 330 g/mol. The minimum atomic E-state index is -3.45. The van der Waals surface area contributed by atoms with E-state index in [1.165, 1.54) is 11.3 Å². The van der Waals surface area contributed by atoms with Gasteiger partial charge in [-0.2, -0.15) is 4.31 Å². The Balaban J connectivity index is 1.94. The topological polar surface area (TPSA) is 46.6 Å². The molecule has 118 valence electrons. The van der Waals surface area contributed by atoms with Gasteiger partial charge < -0.3 is 4.74 Å². The summed E-state index contributed by atoms with van der Waals surface area (Å²) in [5, 5.41) is 0. The first-order chi connectivity index (χ1) is 10.0. The van der Waals surface area contributed by atoms with Crippen molar-refractivity contribution in [3.8, 4) is 0 Å². The zero-order chi connectivity index (χ0) is 15.0. The number of ether oxygens (including phenoxy) is 1. The first-order valence-electron chi connectivity index (χ1n) is 7.33. The lowest BCUT2D eigenvalue weighted by Crippen LogP contribution is -2.54. The summed E-state index contributed by atoms with van der Waals surface area (Å²) in [6, 6.07) is 1.73. The van der Waals surface area contributed by atoms with Crippen molar-refractivity contribution in [2.75, 3.05) is 13.2 Å². The first kappa shape index (κ1) is 15.7. The molecule has 0 radical (unpaired) electrons. The molecule has 0 spiro atoms. The van der Waals surface area contributed by atoms with Gasteiger partial charge in [-0.05, 0) is 25.8 Å². The normalized spacial score (nSPS) is 27.5. The largest absolute Gasteiger partial charge is 0.375 e. The highest BCUT2D eigenvalue weighted by Crippen LogP contribution is 2.35. The number of alkyl halides is 1. The van der Waals surface area contributed by atoms with Crippen LogP contribution in [0.3, 0.4) is 0 Å². The van der Waals surface area contributed by atoms with Crippen molar-refractivity contribution in [1.29, 1.82) is 0 Å². The van der Waals surface area contributed by atoms with Gasteiger partial charge in [-0.1, -0.05) is 12.8 Å². The van der Waals surface area contributed by atoms with Crippen molar-refractivity contribution < 1.29 is 13.2 Å². The fourth-order valence-electron chi connectivity index (χ4n) is 3.33. The number of halogens is 1. The molecule has 21 heavy (non-hydrogen) atoms. The summed E-state index contributed by atoms with van der Waals surface area (Å²) in [6.07, 6.45) is 4.13. The monoisotopic (exact) mass is 349 g/mol. The van der Waals surface area contributed by atoms with Crippen molar-refractivity contribution in [1.82, 2.24) is 4.31 Å². The molecule has 2 aliphatic rings. The van der Waals surface area contributed by atoms with Crippen LogP contribution in [0.5, 0.6) is 0 Å². The quantitative estimate of drug-likeness (QED) is 0.787. The van der Waals surface area contributed by atoms with E-state index in [4.69, 9.17) is 16.3 Å². The first-order valence-corrected chi connectivity index (χ1v) is 10.1. The van der Waals surface area contributed by atoms with Crippen LogP contribution in [0.1, 0.15) is 35.4 Å². The Kier molecular flexibility index (Phi) is 4.62. The van der Waals surface area contributed by atoms with Crippen molar-refractivity contribution >= 4 is 33.0 Å². The van der Waals surface area contributed by atoms with E-state index in [2.05, 4.69) is 0 Å². The van der Waals surface area contributed by atoms with Gasteiger partial charge in [-0.25, -0.2) is 8.42 Å². The molecular formula is C14H20ClNO3S2. The second-order valence-corrected chi connectivity index (χ2v) is 9.11. The molecule has 1 aliphatic carbocycles. The number of nitrogens with zero attached hydrogens (tertiary/aromatic N) is 1. The number of thiophene rings is 1. The molecule has 1 aliphatic heterocycles. The molecule has 3 rings (SSSR count). The number of rotatable bonds is 3. The molecule has 2 heterocycles. The molecule has 0 amide bonds. The van der Waals surface area contributed by atoms with Gasteiger partial charge in [0.25, 0.3) is 0 Å². The van der Waals surface area contributed by atoms with E-state index in [0.717, 1.165) is 35.4 Å². The van der Waals surface area contributed by atoms with E-state index in [9.17, 15) is 8.42 Å². The molecule has 1 aromatic rings. The molecule has 1 saturated carbocycles. The summed E-state index contributed by atoms with van der Waals surface area (Å²) in [5.41, 5.74) is 0. The maximum atomic E-state index is 13.0. The summed E-state index contributed by atoms with van der Waals surface area (Å²) in [5.74, 6) is 0.357. The van der Waals surface area contributed by atoms with Crippen molar-refractivity contribution in [3.63, 3.8) is 0 Å². The van der Waals surface area contributed by atoms with Gasteiger partial charge in [-0.15, -0.1) is 22.9 Å². The standard InChI is InChI=1S/C14H20ClNO3S2/c1-10-14(8-11(9-15)20-10)21(17,18)16-6-7-19-13-5-3-2-4-12(13)16/h8,12-13H,2-7,9H2,1H3. The molecule has 1 saturated heterocycles. The SMILES string of the molecule is Cc1sc(CCl)cc1S(=O)(=O)N1CCOC2CCCCC21. The summed E-state index contributed by atoms with van der Waals surface area (Å²) >= 11 is 7.31. The smallest absolute Gasteiger partial charge is 0.244 e. The van der Waals surface area contributed by atoms with E-state index < -0.39 is 10.0 Å². The summed E-state index contributed by atoms with van der Waals surface area (Å²) < 4.78 is 33.5.